The highest BCUT2D eigenvalue weighted by Crippen LogP contribution is 2.23. The molecular formula is C18H15ClN2O. The van der Waals surface area contributed by atoms with Crippen molar-refractivity contribution in [2.24, 2.45) is 0 Å². The average molecular weight is 311 g/mol. The van der Waals surface area contributed by atoms with Crippen LogP contribution in [0.2, 0.25) is 5.02 Å². The molecule has 0 radical (unpaired) electrons. The van der Waals surface area contributed by atoms with E-state index < -0.39 is 0 Å². The van der Waals surface area contributed by atoms with Crippen molar-refractivity contribution < 1.29 is 0 Å². The summed E-state index contributed by atoms with van der Waals surface area (Å²) in [6.07, 6.45) is 4.21. The average Bonchev–Trinajstić information content (AvgIpc) is 2.53. The SMILES string of the molecule is C=CCCn1c(=O)c(-c2cccc(Cl)c2)cc2cccnc21. The first-order valence-corrected chi connectivity index (χ1v) is 7.44. The van der Waals surface area contributed by atoms with Crippen LogP contribution in [-0.4, -0.2) is 9.55 Å². The molecule has 110 valence electrons. The van der Waals surface area contributed by atoms with Crippen molar-refractivity contribution in [2.45, 2.75) is 13.0 Å². The number of rotatable bonds is 4. The molecule has 0 unspecified atom stereocenters. The Bertz CT molecular complexity index is 899. The maximum atomic E-state index is 12.8. The number of allylic oxidation sites excluding steroid dienone is 1. The predicted octanol–water partition coefficient (Wildman–Crippen LogP) is 4.29. The molecule has 0 fully saturated rings. The van der Waals surface area contributed by atoms with Gasteiger partial charge in [0, 0.05) is 28.7 Å². The van der Waals surface area contributed by atoms with E-state index in [1.807, 2.05) is 30.3 Å². The van der Waals surface area contributed by atoms with Crippen LogP contribution in [0, 0.1) is 0 Å². The van der Waals surface area contributed by atoms with Crippen LogP contribution in [-0.2, 0) is 6.54 Å². The third-order valence-corrected chi connectivity index (χ3v) is 3.78. The predicted molar refractivity (Wildman–Crippen MR) is 91.3 cm³/mol. The Balaban J connectivity index is 2.29. The lowest BCUT2D eigenvalue weighted by Crippen LogP contribution is -2.22. The molecule has 0 saturated heterocycles. The van der Waals surface area contributed by atoms with Gasteiger partial charge in [-0.05, 0) is 42.3 Å². The summed E-state index contributed by atoms with van der Waals surface area (Å²) < 4.78 is 1.70. The number of hydrogen-bond donors (Lipinski definition) is 0. The van der Waals surface area contributed by atoms with Crippen LogP contribution < -0.4 is 5.56 Å². The summed E-state index contributed by atoms with van der Waals surface area (Å²) in [6, 6.07) is 13.0. The number of pyridine rings is 2. The first-order chi connectivity index (χ1) is 10.7. The molecule has 4 heteroatoms. The van der Waals surface area contributed by atoms with Crippen molar-refractivity contribution in [2.75, 3.05) is 0 Å². The highest BCUT2D eigenvalue weighted by atomic mass is 35.5. The molecule has 0 aliphatic carbocycles. The molecule has 0 aliphatic heterocycles. The van der Waals surface area contributed by atoms with Gasteiger partial charge >= 0.3 is 0 Å². The summed E-state index contributed by atoms with van der Waals surface area (Å²) in [5, 5.41) is 1.54. The second-order valence-electron chi connectivity index (χ2n) is 5.02. The molecule has 0 bridgehead atoms. The third kappa shape index (κ3) is 2.68. The Morgan fingerprint density at radius 3 is 2.86 bits per heavy atom. The molecule has 22 heavy (non-hydrogen) atoms. The highest BCUT2D eigenvalue weighted by Gasteiger charge is 2.11. The summed E-state index contributed by atoms with van der Waals surface area (Å²) in [5.41, 5.74) is 2.08. The molecule has 0 amide bonds. The number of nitrogens with zero attached hydrogens (tertiary/aromatic N) is 2. The van der Waals surface area contributed by atoms with E-state index in [2.05, 4.69) is 11.6 Å². The lowest BCUT2D eigenvalue weighted by Gasteiger charge is -2.11. The Hall–Kier alpha value is -2.39. The van der Waals surface area contributed by atoms with Gasteiger partial charge in [0.1, 0.15) is 5.65 Å². The van der Waals surface area contributed by atoms with Crippen molar-refractivity contribution in [3.63, 3.8) is 0 Å². The van der Waals surface area contributed by atoms with Crippen molar-refractivity contribution in [3.8, 4) is 11.1 Å². The second-order valence-corrected chi connectivity index (χ2v) is 5.46. The van der Waals surface area contributed by atoms with Crippen LogP contribution in [0.1, 0.15) is 6.42 Å². The number of benzene rings is 1. The van der Waals surface area contributed by atoms with E-state index in [0.29, 0.717) is 29.2 Å². The van der Waals surface area contributed by atoms with Crippen molar-refractivity contribution in [3.05, 3.63) is 76.7 Å². The van der Waals surface area contributed by atoms with Gasteiger partial charge in [0.05, 0.1) is 0 Å². The van der Waals surface area contributed by atoms with E-state index in [0.717, 1.165) is 10.9 Å². The van der Waals surface area contributed by atoms with Crippen molar-refractivity contribution in [1.82, 2.24) is 9.55 Å². The zero-order valence-electron chi connectivity index (χ0n) is 12.0. The van der Waals surface area contributed by atoms with Gasteiger partial charge in [-0.2, -0.15) is 0 Å². The summed E-state index contributed by atoms with van der Waals surface area (Å²) >= 11 is 6.05. The molecule has 3 nitrogen and oxygen atoms in total. The zero-order valence-corrected chi connectivity index (χ0v) is 12.8. The molecule has 0 aliphatic rings. The van der Waals surface area contributed by atoms with Gasteiger partial charge in [-0.25, -0.2) is 4.98 Å². The van der Waals surface area contributed by atoms with Crippen LogP contribution >= 0.6 is 11.6 Å². The smallest absolute Gasteiger partial charge is 0.260 e. The summed E-state index contributed by atoms with van der Waals surface area (Å²) in [4.78, 5) is 17.2. The summed E-state index contributed by atoms with van der Waals surface area (Å²) in [7, 11) is 0. The van der Waals surface area contributed by atoms with Gasteiger partial charge in [-0.15, -0.1) is 6.58 Å². The van der Waals surface area contributed by atoms with Crippen LogP contribution in [0.25, 0.3) is 22.2 Å². The van der Waals surface area contributed by atoms with Crippen molar-refractivity contribution >= 4 is 22.6 Å². The standard InChI is InChI=1S/C18H15ClN2O/c1-2-3-10-21-17-14(7-5-9-20-17)12-16(18(21)22)13-6-4-8-15(19)11-13/h2,4-9,11-12H,1,3,10H2. The molecule has 0 N–H and O–H groups in total. The topological polar surface area (TPSA) is 34.9 Å². The molecule has 0 spiro atoms. The van der Waals surface area contributed by atoms with Crippen LogP contribution in [0.5, 0.6) is 0 Å². The number of fused-ring (bicyclic) bond motifs is 1. The maximum Gasteiger partial charge on any atom is 0.260 e. The quantitative estimate of drug-likeness (QED) is 0.674. The number of hydrogen-bond acceptors (Lipinski definition) is 2. The zero-order chi connectivity index (χ0) is 15.5. The second kappa shape index (κ2) is 6.16. The molecule has 2 heterocycles. The molecular weight excluding hydrogens is 296 g/mol. The normalized spacial score (nSPS) is 10.8. The Kier molecular flexibility index (Phi) is 4.07. The van der Waals surface area contributed by atoms with E-state index in [4.69, 9.17) is 11.6 Å². The Morgan fingerprint density at radius 1 is 1.23 bits per heavy atom. The first-order valence-electron chi connectivity index (χ1n) is 7.06. The van der Waals surface area contributed by atoms with Gasteiger partial charge in [0.2, 0.25) is 0 Å². The van der Waals surface area contributed by atoms with E-state index in [1.54, 1.807) is 29.0 Å². The number of aromatic nitrogens is 2. The molecule has 3 aromatic rings. The Labute approximate surface area is 133 Å². The lowest BCUT2D eigenvalue weighted by atomic mass is 10.1. The maximum absolute atomic E-state index is 12.8. The monoisotopic (exact) mass is 310 g/mol. The van der Waals surface area contributed by atoms with Gasteiger partial charge in [0.25, 0.3) is 5.56 Å². The highest BCUT2D eigenvalue weighted by molar-refractivity contribution is 6.30. The van der Waals surface area contributed by atoms with E-state index in [-0.39, 0.29) is 5.56 Å². The van der Waals surface area contributed by atoms with Crippen LogP contribution in [0.4, 0.5) is 0 Å². The largest absolute Gasteiger partial charge is 0.292 e. The molecule has 3 rings (SSSR count). The van der Waals surface area contributed by atoms with Crippen molar-refractivity contribution in [1.29, 1.82) is 0 Å². The van der Waals surface area contributed by atoms with Gasteiger partial charge in [-0.1, -0.05) is 29.8 Å². The Morgan fingerprint density at radius 2 is 2.09 bits per heavy atom. The van der Waals surface area contributed by atoms with Gasteiger partial charge in [-0.3, -0.25) is 9.36 Å². The minimum Gasteiger partial charge on any atom is -0.292 e. The number of halogens is 1. The minimum absolute atomic E-state index is 0.0599. The fourth-order valence-electron chi connectivity index (χ4n) is 2.50. The number of aryl methyl sites for hydroxylation is 1. The van der Waals surface area contributed by atoms with E-state index in [1.165, 1.54) is 0 Å². The van der Waals surface area contributed by atoms with Gasteiger partial charge in [0.15, 0.2) is 0 Å². The van der Waals surface area contributed by atoms with Crippen LogP contribution in [0.3, 0.4) is 0 Å². The minimum atomic E-state index is -0.0599. The molecule has 0 atom stereocenters. The fourth-order valence-corrected chi connectivity index (χ4v) is 2.69. The summed E-state index contributed by atoms with van der Waals surface area (Å²) in [6.45, 7) is 4.28. The van der Waals surface area contributed by atoms with Gasteiger partial charge < -0.3 is 0 Å². The van der Waals surface area contributed by atoms with E-state index >= 15 is 0 Å². The fraction of sp³-hybridized carbons (Fsp3) is 0.111. The van der Waals surface area contributed by atoms with Crippen LogP contribution in [0.15, 0.2) is 66.1 Å². The first kappa shape index (κ1) is 14.5. The molecule has 1 aromatic carbocycles. The lowest BCUT2D eigenvalue weighted by molar-refractivity contribution is 0.703. The van der Waals surface area contributed by atoms with E-state index in [9.17, 15) is 4.79 Å². The summed E-state index contributed by atoms with van der Waals surface area (Å²) in [5.74, 6) is 0. The molecule has 2 aromatic heterocycles. The third-order valence-electron chi connectivity index (χ3n) is 3.54. The molecule has 0 saturated carbocycles.